The van der Waals surface area contributed by atoms with Gasteiger partial charge in [-0.3, -0.25) is 9.69 Å². The maximum atomic E-state index is 13.5. The minimum atomic E-state index is -0.236. The smallest absolute Gasteiger partial charge is 0.234 e. The lowest BCUT2D eigenvalue weighted by Gasteiger charge is -2.18. The van der Waals surface area contributed by atoms with E-state index in [1.54, 1.807) is 25.3 Å². The zero-order valence-corrected chi connectivity index (χ0v) is 15.0. The number of halogens is 1. The lowest BCUT2D eigenvalue weighted by Crippen LogP contribution is -2.36. The van der Waals surface area contributed by atoms with E-state index in [0.29, 0.717) is 25.1 Å². The van der Waals surface area contributed by atoms with E-state index in [0.717, 1.165) is 16.9 Å². The first-order valence-electron chi connectivity index (χ1n) is 8.31. The van der Waals surface area contributed by atoms with E-state index in [1.165, 1.54) is 6.07 Å². The molecule has 0 fully saturated rings. The second-order valence-corrected chi connectivity index (χ2v) is 6.18. The second kappa shape index (κ2) is 9.18. The van der Waals surface area contributed by atoms with Crippen LogP contribution in [0.5, 0.6) is 5.75 Å². The van der Waals surface area contributed by atoms with E-state index in [2.05, 4.69) is 11.4 Å². The minimum Gasteiger partial charge on any atom is -0.496 e. The highest BCUT2D eigenvalue weighted by molar-refractivity contribution is 5.78. The van der Waals surface area contributed by atoms with Crippen LogP contribution in [-0.4, -0.2) is 38.1 Å². The Morgan fingerprint density at radius 2 is 1.96 bits per heavy atom. The molecule has 0 saturated carbocycles. The molecule has 0 bridgehead atoms. The standard InChI is InChI=1S/C20H25FN2O2/c1-15-8-9-19(25-3)17(12-15)13-23(2)14-20(24)22-11-10-16-6-4-5-7-18(16)21/h4-9,12H,10-11,13-14H2,1-3H3,(H,22,24). The first-order chi connectivity index (χ1) is 12.0. The Bertz CT molecular complexity index is 719. The van der Waals surface area contributed by atoms with Crippen LogP contribution in [0, 0.1) is 12.7 Å². The number of hydrogen-bond acceptors (Lipinski definition) is 3. The molecular formula is C20H25FN2O2. The highest BCUT2D eigenvalue weighted by Gasteiger charge is 2.10. The van der Waals surface area contributed by atoms with Crippen LogP contribution in [0.25, 0.3) is 0 Å². The Kier molecular flexibility index (Phi) is 6.95. The quantitative estimate of drug-likeness (QED) is 0.801. The van der Waals surface area contributed by atoms with Gasteiger partial charge < -0.3 is 10.1 Å². The zero-order chi connectivity index (χ0) is 18.2. The zero-order valence-electron chi connectivity index (χ0n) is 15.0. The maximum Gasteiger partial charge on any atom is 0.234 e. The van der Waals surface area contributed by atoms with Crippen LogP contribution in [0.15, 0.2) is 42.5 Å². The molecule has 2 aromatic rings. The third-order valence-corrected chi connectivity index (χ3v) is 3.96. The molecule has 5 heteroatoms. The normalized spacial score (nSPS) is 10.8. The second-order valence-electron chi connectivity index (χ2n) is 6.18. The molecule has 0 aliphatic heterocycles. The van der Waals surface area contributed by atoms with Gasteiger partial charge in [-0.15, -0.1) is 0 Å². The van der Waals surface area contributed by atoms with Crippen LogP contribution in [0.2, 0.25) is 0 Å². The van der Waals surface area contributed by atoms with E-state index in [-0.39, 0.29) is 18.3 Å². The van der Waals surface area contributed by atoms with E-state index in [4.69, 9.17) is 4.74 Å². The highest BCUT2D eigenvalue weighted by atomic mass is 19.1. The van der Waals surface area contributed by atoms with Crippen molar-refractivity contribution < 1.29 is 13.9 Å². The molecule has 0 atom stereocenters. The number of carbonyl (C=O) groups excluding carboxylic acids is 1. The Hall–Kier alpha value is -2.40. The predicted octanol–water partition coefficient (Wildman–Crippen LogP) is 2.93. The Morgan fingerprint density at radius 1 is 1.20 bits per heavy atom. The van der Waals surface area contributed by atoms with Crippen molar-refractivity contribution in [1.29, 1.82) is 0 Å². The van der Waals surface area contributed by atoms with Gasteiger partial charge in [0.25, 0.3) is 0 Å². The van der Waals surface area contributed by atoms with Gasteiger partial charge in [-0.25, -0.2) is 4.39 Å². The summed E-state index contributed by atoms with van der Waals surface area (Å²) in [5.74, 6) is 0.503. The van der Waals surface area contributed by atoms with E-state index in [1.807, 2.05) is 31.0 Å². The lowest BCUT2D eigenvalue weighted by molar-refractivity contribution is -0.122. The van der Waals surface area contributed by atoms with Gasteiger partial charge in [-0.05, 0) is 38.1 Å². The predicted molar refractivity (Wildman–Crippen MR) is 97.2 cm³/mol. The average molecular weight is 344 g/mol. The molecule has 25 heavy (non-hydrogen) atoms. The molecule has 0 aromatic heterocycles. The highest BCUT2D eigenvalue weighted by Crippen LogP contribution is 2.20. The summed E-state index contributed by atoms with van der Waals surface area (Å²) in [6, 6.07) is 12.6. The number of ether oxygens (including phenoxy) is 1. The van der Waals surface area contributed by atoms with Crippen LogP contribution in [-0.2, 0) is 17.8 Å². The van der Waals surface area contributed by atoms with Gasteiger partial charge in [0.1, 0.15) is 11.6 Å². The fourth-order valence-corrected chi connectivity index (χ4v) is 2.72. The molecule has 0 saturated heterocycles. The van der Waals surface area contributed by atoms with Crippen molar-refractivity contribution in [3.63, 3.8) is 0 Å². The summed E-state index contributed by atoms with van der Waals surface area (Å²) in [6.07, 6.45) is 0.480. The number of benzene rings is 2. The molecule has 4 nitrogen and oxygen atoms in total. The topological polar surface area (TPSA) is 41.6 Å². The van der Waals surface area contributed by atoms with Gasteiger partial charge in [0.15, 0.2) is 0 Å². The third-order valence-electron chi connectivity index (χ3n) is 3.96. The number of nitrogens with zero attached hydrogens (tertiary/aromatic N) is 1. The van der Waals surface area contributed by atoms with Crippen molar-refractivity contribution in [2.24, 2.45) is 0 Å². The number of methoxy groups -OCH3 is 1. The molecule has 0 unspecified atom stereocenters. The lowest BCUT2D eigenvalue weighted by atomic mass is 10.1. The molecule has 2 rings (SSSR count). The summed E-state index contributed by atoms with van der Waals surface area (Å²) >= 11 is 0. The van der Waals surface area contributed by atoms with Gasteiger partial charge in [0, 0.05) is 18.7 Å². The van der Waals surface area contributed by atoms with Gasteiger partial charge in [-0.1, -0.05) is 35.9 Å². The summed E-state index contributed by atoms with van der Waals surface area (Å²) in [7, 11) is 3.53. The Balaban J connectivity index is 1.80. The maximum absolute atomic E-state index is 13.5. The van der Waals surface area contributed by atoms with Crippen LogP contribution in [0.4, 0.5) is 4.39 Å². The SMILES string of the molecule is COc1ccc(C)cc1CN(C)CC(=O)NCCc1ccccc1F. The Labute approximate surface area is 148 Å². The molecule has 134 valence electrons. The summed E-state index contributed by atoms with van der Waals surface area (Å²) in [4.78, 5) is 14.0. The van der Waals surface area contributed by atoms with Crippen molar-refractivity contribution in [3.05, 3.63) is 65.0 Å². The number of carbonyl (C=O) groups is 1. The van der Waals surface area contributed by atoms with Gasteiger partial charge in [0.05, 0.1) is 13.7 Å². The first-order valence-corrected chi connectivity index (χ1v) is 8.31. The summed E-state index contributed by atoms with van der Waals surface area (Å²) in [6.45, 7) is 3.33. The molecule has 0 aliphatic carbocycles. The molecule has 0 radical (unpaired) electrons. The van der Waals surface area contributed by atoms with Gasteiger partial charge >= 0.3 is 0 Å². The number of aryl methyl sites for hydroxylation is 1. The van der Waals surface area contributed by atoms with E-state index < -0.39 is 0 Å². The molecular weight excluding hydrogens is 319 g/mol. The number of nitrogens with one attached hydrogen (secondary N) is 1. The van der Waals surface area contributed by atoms with Gasteiger partial charge in [0.2, 0.25) is 5.91 Å². The van der Waals surface area contributed by atoms with Crippen LogP contribution in [0.1, 0.15) is 16.7 Å². The van der Waals surface area contributed by atoms with Crippen molar-refractivity contribution in [3.8, 4) is 5.75 Å². The van der Waals surface area contributed by atoms with E-state index in [9.17, 15) is 9.18 Å². The summed E-state index contributed by atoms with van der Waals surface area (Å²) < 4.78 is 18.9. The molecule has 0 heterocycles. The number of likely N-dealkylation sites (N-methyl/N-ethyl adjacent to an activating group) is 1. The monoisotopic (exact) mass is 344 g/mol. The molecule has 2 aromatic carbocycles. The largest absolute Gasteiger partial charge is 0.496 e. The average Bonchev–Trinajstić information content (AvgIpc) is 2.56. The Morgan fingerprint density at radius 3 is 2.68 bits per heavy atom. The third kappa shape index (κ3) is 5.87. The molecule has 1 N–H and O–H groups in total. The van der Waals surface area contributed by atoms with Crippen molar-refractivity contribution in [2.75, 3.05) is 27.2 Å². The first kappa shape index (κ1) is 18.9. The molecule has 1 amide bonds. The van der Waals surface area contributed by atoms with E-state index >= 15 is 0 Å². The van der Waals surface area contributed by atoms with Crippen molar-refractivity contribution >= 4 is 5.91 Å². The number of hydrogen-bond donors (Lipinski definition) is 1. The number of rotatable bonds is 8. The summed E-state index contributed by atoms with van der Waals surface area (Å²) in [5.41, 5.74) is 2.81. The van der Waals surface area contributed by atoms with Crippen LogP contribution in [0.3, 0.4) is 0 Å². The fraction of sp³-hybridized carbons (Fsp3) is 0.350. The van der Waals surface area contributed by atoms with Crippen LogP contribution >= 0.6 is 0 Å². The minimum absolute atomic E-state index is 0.0783. The molecule has 0 aliphatic rings. The fourth-order valence-electron chi connectivity index (χ4n) is 2.72. The number of amides is 1. The van der Waals surface area contributed by atoms with Crippen LogP contribution < -0.4 is 10.1 Å². The van der Waals surface area contributed by atoms with Crippen molar-refractivity contribution in [1.82, 2.24) is 10.2 Å². The summed E-state index contributed by atoms with van der Waals surface area (Å²) in [5, 5.41) is 2.84. The molecule has 0 spiro atoms. The van der Waals surface area contributed by atoms with Gasteiger partial charge in [-0.2, -0.15) is 0 Å². The van der Waals surface area contributed by atoms with Crippen molar-refractivity contribution in [2.45, 2.75) is 19.9 Å².